The van der Waals surface area contributed by atoms with Crippen molar-refractivity contribution in [3.63, 3.8) is 0 Å². The number of aryl methyl sites for hydroxylation is 2. The van der Waals surface area contributed by atoms with Gasteiger partial charge < -0.3 is 15.0 Å². The van der Waals surface area contributed by atoms with Crippen molar-refractivity contribution < 1.29 is 22.7 Å². The van der Waals surface area contributed by atoms with Crippen molar-refractivity contribution in [3.05, 3.63) is 88.4 Å². The van der Waals surface area contributed by atoms with Gasteiger partial charge in [-0.1, -0.05) is 60.5 Å². The third kappa shape index (κ3) is 8.04. The molecule has 0 spiro atoms. The van der Waals surface area contributed by atoms with E-state index in [-0.39, 0.29) is 33.8 Å². The highest BCUT2D eigenvalue weighted by molar-refractivity contribution is 7.92. The normalized spacial score (nSPS) is 12.4. The van der Waals surface area contributed by atoms with Crippen molar-refractivity contribution >= 4 is 39.1 Å². The fraction of sp³-hybridized carbons (Fsp3) is 0.375. The largest absolute Gasteiger partial charge is 0.495 e. The summed E-state index contributed by atoms with van der Waals surface area (Å²) < 4.78 is 34.8. The van der Waals surface area contributed by atoms with E-state index in [1.807, 2.05) is 65.8 Å². The topological polar surface area (TPSA) is 96.0 Å². The van der Waals surface area contributed by atoms with Crippen molar-refractivity contribution in [3.8, 4) is 5.75 Å². The molecule has 0 aromatic heterocycles. The lowest BCUT2D eigenvalue weighted by molar-refractivity contribution is -0.141. The molecule has 0 unspecified atom stereocenters. The molecule has 0 fully saturated rings. The van der Waals surface area contributed by atoms with Crippen LogP contribution in [0.25, 0.3) is 0 Å². The Balaban J connectivity index is 2.15. The van der Waals surface area contributed by atoms with Crippen LogP contribution in [0.15, 0.2) is 71.6 Å². The first-order chi connectivity index (χ1) is 19.7. The molecule has 226 valence electrons. The molecule has 10 heteroatoms. The Morgan fingerprint density at radius 2 is 1.64 bits per heavy atom. The number of hydrogen-bond donors (Lipinski definition) is 1. The van der Waals surface area contributed by atoms with Crippen LogP contribution < -0.4 is 14.4 Å². The second-order valence-corrected chi connectivity index (χ2v) is 13.6. The minimum absolute atomic E-state index is 0.00546. The fourth-order valence-corrected chi connectivity index (χ4v) is 6.14. The lowest BCUT2D eigenvalue weighted by Gasteiger charge is -2.35. The molecule has 0 saturated heterocycles. The number of rotatable bonds is 11. The quantitative estimate of drug-likeness (QED) is 0.291. The maximum Gasteiger partial charge on any atom is 0.264 e. The van der Waals surface area contributed by atoms with Crippen LogP contribution in [0.1, 0.15) is 50.8 Å². The molecule has 0 saturated carbocycles. The van der Waals surface area contributed by atoms with Gasteiger partial charge in [0.05, 0.1) is 17.7 Å². The molecule has 1 N–H and O–H groups in total. The molecular weight excluding hydrogens is 574 g/mol. The highest BCUT2D eigenvalue weighted by Crippen LogP contribution is 2.35. The zero-order chi connectivity index (χ0) is 31.2. The summed E-state index contributed by atoms with van der Waals surface area (Å²) in [6.45, 7) is 10.7. The van der Waals surface area contributed by atoms with Gasteiger partial charge in [-0.3, -0.25) is 13.9 Å². The Morgan fingerprint density at radius 3 is 2.21 bits per heavy atom. The van der Waals surface area contributed by atoms with Crippen molar-refractivity contribution in [2.45, 2.75) is 71.0 Å². The smallest absolute Gasteiger partial charge is 0.264 e. The summed E-state index contributed by atoms with van der Waals surface area (Å²) in [5.74, 6) is -0.641. The lowest BCUT2D eigenvalue weighted by Crippen LogP contribution is -2.55. The average Bonchev–Trinajstić information content (AvgIpc) is 2.91. The van der Waals surface area contributed by atoms with Crippen LogP contribution in [0, 0.1) is 13.8 Å². The van der Waals surface area contributed by atoms with Crippen LogP contribution in [0.3, 0.4) is 0 Å². The van der Waals surface area contributed by atoms with Gasteiger partial charge in [0.2, 0.25) is 11.8 Å². The second-order valence-electron chi connectivity index (χ2n) is 11.3. The van der Waals surface area contributed by atoms with Gasteiger partial charge in [0.15, 0.2) is 0 Å². The number of carbonyl (C=O) groups excluding carboxylic acids is 2. The van der Waals surface area contributed by atoms with Crippen molar-refractivity contribution in [1.82, 2.24) is 10.2 Å². The lowest BCUT2D eigenvalue weighted by atomic mass is 10.0. The summed E-state index contributed by atoms with van der Waals surface area (Å²) in [7, 11) is -2.85. The van der Waals surface area contributed by atoms with E-state index in [1.54, 1.807) is 24.3 Å². The molecule has 3 rings (SSSR count). The summed E-state index contributed by atoms with van der Waals surface area (Å²) in [4.78, 5) is 29.2. The summed E-state index contributed by atoms with van der Waals surface area (Å²) >= 11 is 6.31. The number of carbonyl (C=O) groups is 2. The first-order valence-electron chi connectivity index (χ1n) is 13.8. The van der Waals surface area contributed by atoms with Gasteiger partial charge in [-0.25, -0.2) is 8.42 Å². The minimum atomic E-state index is -4.26. The number of nitrogens with one attached hydrogen (secondary N) is 1. The maximum absolute atomic E-state index is 14.3. The summed E-state index contributed by atoms with van der Waals surface area (Å²) in [5, 5.41) is 3.25. The molecule has 0 aliphatic carbocycles. The van der Waals surface area contributed by atoms with Gasteiger partial charge in [-0.2, -0.15) is 0 Å². The monoisotopic (exact) mass is 613 g/mol. The van der Waals surface area contributed by atoms with Crippen LogP contribution in [0.2, 0.25) is 5.02 Å². The van der Waals surface area contributed by atoms with E-state index in [0.29, 0.717) is 6.42 Å². The highest BCUT2D eigenvalue weighted by atomic mass is 35.5. The molecule has 0 heterocycles. The maximum atomic E-state index is 14.3. The van der Waals surface area contributed by atoms with E-state index < -0.39 is 34.1 Å². The molecule has 0 radical (unpaired) electrons. The van der Waals surface area contributed by atoms with Gasteiger partial charge in [-0.15, -0.1) is 0 Å². The predicted molar refractivity (Wildman–Crippen MR) is 167 cm³/mol. The molecule has 1 atom stereocenters. The number of methoxy groups -OCH3 is 1. The average molecular weight is 614 g/mol. The van der Waals surface area contributed by atoms with Gasteiger partial charge in [0.1, 0.15) is 18.3 Å². The number of benzene rings is 3. The Kier molecular flexibility index (Phi) is 10.7. The molecule has 3 aromatic carbocycles. The van der Waals surface area contributed by atoms with Crippen LogP contribution in [-0.4, -0.2) is 50.4 Å². The van der Waals surface area contributed by atoms with Crippen LogP contribution in [0.5, 0.6) is 5.75 Å². The first-order valence-corrected chi connectivity index (χ1v) is 15.6. The number of halogens is 1. The Morgan fingerprint density at radius 1 is 1.00 bits per heavy atom. The zero-order valence-corrected chi connectivity index (χ0v) is 26.8. The molecule has 3 aromatic rings. The molecular formula is C32H40ClN3O5S. The van der Waals surface area contributed by atoms with Crippen LogP contribution in [-0.2, 0) is 26.2 Å². The molecule has 0 bridgehead atoms. The number of hydrogen-bond acceptors (Lipinski definition) is 5. The van der Waals surface area contributed by atoms with Crippen LogP contribution in [0.4, 0.5) is 5.69 Å². The summed E-state index contributed by atoms with van der Waals surface area (Å²) in [6, 6.07) is 17.7. The Hall–Kier alpha value is -3.56. The molecule has 0 aliphatic rings. The predicted octanol–water partition coefficient (Wildman–Crippen LogP) is 5.88. The molecule has 2 amide bonds. The molecule has 42 heavy (non-hydrogen) atoms. The van der Waals surface area contributed by atoms with E-state index in [4.69, 9.17) is 16.3 Å². The van der Waals surface area contributed by atoms with E-state index in [1.165, 1.54) is 30.2 Å². The minimum Gasteiger partial charge on any atom is -0.495 e. The van der Waals surface area contributed by atoms with Crippen molar-refractivity contribution in [2.75, 3.05) is 18.0 Å². The van der Waals surface area contributed by atoms with Gasteiger partial charge in [0.25, 0.3) is 10.0 Å². The summed E-state index contributed by atoms with van der Waals surface area (Å²) in [5.41, 5.74) is 2.26. The number of ether oxygens (including phenoxy) is 1. The number of amides is 2. The van der Waals surface area contributed by atoms with Gasteiger partial charge >= 0.3 is 0 Å². The fourth-order valence-electron chi connectivity index (χ4n) is 4.55. The first kappa shape index (κ1) is 32.9. The SMILES string of the molecule is CC[C@H](C(=O)NC(C)(C)C)N(Cc1ccccc1C)C(=O)CN(c1cc(Cl)ccc1OC)S(=O)(=O)c1ccc(C)cc1. The van der Waals surface area contributed by atoms with E-state index >= 15 is 0 Å². The van der Waals surface area contributed by atoms with Crippen LogP contribution >= 0.6 is 11.6 Å². The van der Waals surface area contributed by atoms with Crippen molar-refractivity contribution in [2.24, 2.45) is 0 Å². The van der Waals surface area contributed by atoms with E-state index in [0.717, 1.165) is 21.0 Å². The highest BCUT2D eigenvalue weighted by Gasteiger charge is 2.35. The summed E-state index contributed by atoms with van der Waals surface area (Å²) in [6.07, 6.45) is 0.324. The number of nitrogens with zero attached hydrogens (tertiary/aromatic N) is 2. The van der Waals surface area contributed by atoms with Crippen molar-refractivity contribution in [1.29, 1.82) is 0 Å². The standard InChI is InChI=1S/C32H40ClN3O5S/c1-8-27(31(38)34-32(4,5)6)35(20-24-12-10-9-11-23(24)3)30(37)21-36(28-19-25(33)15-18-29(28)41-7)42(39,40)26-16-13-22(2)14-17-26/h9-19,27H,8,20-21H2,1-7H3,(H,34,38)/t27-/m1/s1. The zero-order valence-electron chi connectivity index (χ0n) is 25.3. The Labute approximate surface area is 254 Å². The van der Waals surface area contributed by atoms with E-state index in [2.05, 4.69) is 5.32 Å². The van der Waals surface area contributed by atoms with Gasteiger partial charge in [0, 0.05) is 17.1 Å². The molecule has 8 nitrogen and oxygen atoms in total. The third-order valence-electron chi connectivity index (χ3n) is 6.78. The van der Waals surface area contributed by atoms with E-state index in [9.17, 15) is 18.0 Å². The van der Waals surface area contributed by atoms with Gasteiger partial charge in [-0.05, 0) is 82.5 Å². The molecule has 0 aliphatic heterocycles. The number of sulfonamides is 1. The third-order valence-corrected chi connectivity index (χ3v) is 8.79. The number of anilines is 1. The second kappa shape index (κ2) is 13.6. The Bertz CT molecular complexity index is 1520.